The molecule has 0 heterocycles. The van der Waals surface area contributed by atoms with E-state index in [9.17, 15) is 0 Å². The van der Waals surface area contributed by atoms with Gasteiger partial charge in [0.05, 0.1) is 13.2 Å². The van der Waals surface area contributed by atoms with Crippen LogP contribution in [0.3, 0.4) is 0 Å². The van der Waals surface area contributed by atoms with Crippen molar-refractivity contribution in [2.45, 2.75) is 25.7 Å². The quantitative estimate of drug-likeness (QED) is 0.315. The van der Waals surface area contributed by atoms with Gasteiger partial charge in [0.25, 0.3) is 0 Å². The van der Waals surface area contributed by atoms with Gasteiger partial charge in [-0.1, -0.05) is 29.8 Å². The fourth-order valence-electron chi connectivity index (χ4n) is 3.22. The molecule has 26 heavy (non-hydrogen) atoms. The Morgan fingerprint density at radius 3 is 1.62 bits per heavy atom. The van der Waals surface area contributed by atoms with Gasteiger partial charge in [-0.3, -0.25) is 0 Å². The van der Waals surface area contributed by atoms with E-state index in [1.165, 1.54) is 11.1 Å². The first-order valence-electron chi connectivity index (χ1n) is 8.01. The third-order valence-corrected chi connectivity index (χ3v) is 5.93. The van der Waals surface area contributed by atoms with Crippen LogP contribution in [0.25, 0.3) is 0 Å². The standard InChI is InChI=1S/C14H26N4O6P2/c1-10-2-4-11(5-3-10)12-6-13(8-19-25(21-15)22-16)14(7-12)9-20-26(23-17)24-18/h2-5,12-14H,6-9,15-18H2,1H3. The van der Waals surface area contributed by atoms with E-state index in [2.05, 4.69) is 49.7 Å². The summed E-state index contributed by atoms with van der Waals surface area (Å²) in [5, 5.41) is 0. The molecule has 0 bridgehead atoms. The second kappa shape index (κ2) is 11.5. The summed E-state index contributed by atoms with van der Waals surface area (Å²) in [6.07, 6.45) is 1.83. The van der Waals surface area contributed by atoms with E-state index in [1.54, 1.807) is 0 Å². The Morgan fingerprint density at radius 2 is 1.23 bits per heavy atom. The monoisotopic (exact) mass is 408 g/mol. The molecule has 0 spiro atoms. The average molecular weight is 408 g/mol. The Kier molecular flexibility index (Phi) is 9.73. The first-order chi connectivity index (χ1) is 12.6. The van der Waals surface area contributed by atoms with Crippen molar-refractivity contribution in [3.05, 3.63) is 35.4 Å². The lowest BCUT2D eigenvalue weighted by Crippen LogP contribution is -2.19. The van der Waals surface area contributed by atoms with E-state index in [-0.39, 0.29) is 11.8 Å². The Labute approximate surface area is 155 Å². The highest BCUT2D eigenvalue weighted by Crippen LogP contribution is 2.47. The summed E-state index contributed by atoms with van der Waals surface area (Å²) in [7, 11) is -3.53. The van der Waals surface area contributed by atoms with Crippen LogP contribution in [0.4, 0.5) is 0 Å². The number of benzene rings is 1. The summed E-state index contributed by atoms with van der Waals surface area (Å²) < 4.78 is 29.2. The number of hydrogen-bond acceptors (Lipinski definition) is 10. The van der Waals surface area contributed by atoms with Crippen LogP contribution in [-0.4, -0.2) is 13.2 Å². The normalized spacial score (nSPS) is 23.3. The van der Waals surface area contributed by atoms with Crippen LogP contribution in [0.5, 0.6) is 0 Å². The highest BCUT2D eigenvalue weighted by molar-refractivity contribution is 7.41. The summed E-state index contributed by atoms with van der Waals surface area (Å²) in [5.41, 5.74) is 2.51. The summed E-state index contributed by atoms with van der Waals surface area (Å²) in [5.74, 6) is 21.1. The molecule has 0 amide bonds. The van der Waals surface area contributed by atoms with Crippen molar-refractivity contribution >= 4 is 17.2 Å². The molecule has 148 valence electrons. The van der Waals surface area contributed by atoms with Gasteiger partial charge in [-0.25, -0.2) is 42.1 Å². The van der Waals surface area contributed by atoms with Gasteiger partial charge in [0, 0.05) is 0 Å². The van der Waals surface area contributed by atoms with Crippen LogP contribution in [0.2, 0.25) is 0 Å². The van der Waals surface area contributed by atoms with Gasteiger partial charge >= 0.3 is 17.2 Å². The fourth-order valence-corrected chi connectivity index (χ4v) is 4.18. The molecule has 2 rings (SSSR count). The zero-order valence-electron chi connectivity index (χ0n) is 14.5. The lowest BCUT2D eigenvalue weighted by Gasteiger charge is -2.21. The molecule has 8 N–H and O–H groups in total. The molecule has 1 aliphatic rings. The SMILES string of the molecule is Cc1ccc(C2CC(COP(ON)ON)C(COP(ON)ON)C2)cc1. The molecule has 0 aromatic heterocycles. The van der Waals surface area contributed by atoms with Crippen molar-refractivity contribution in [1.29, 1.82) is 0 Å². The fraction of sp³-hybridized carbons (Fsp3) is 0.571. The summed E-state index contributed by atoms with van der Waals surface area (Å²) in [4.78, 5) is 0. The number of nitrogens with two attached hydrogens (primary N) is 4. The summed E-state index contributed by atoms with van der Waals surface area (Å²) >= 11 is 0. The Balaban J connectivity index is 2.00. The minimum Gasteiger partial charge on any atom is -0.310 e. The number of rotatable bonds is 11. The molecule has 0 aliphatic heterocycles. The molecule has 12 heteroatoms. The molecule has 10 nitrogen and oxygen atoms in total. The van der Waals surface area contributed by atoms with Gasteiger partial charge in [-0.2, -0.15) is 0 Å². The van der Waals surface area contributed by atoms with Gasteiger partial charge in [0.15, 0.2) is 0 Å². The average Bonchev–Trinajstić information content (AvgIpc) is 3.07. The third-order valence-electron chi connectivity index (χ3n) is 4.52. The second-order valence-electron chi connectivity index (χ2n) is 6.06. The van der Waals surface area contributed by atoms with E-state index in [1.807, 2.05) is 0 Å². The molecular formula is C14H26N4O6P2. The molecule has 2 unspecified atom stereocenters. The molecule has 1 fully saturated rings. The van der Waals surface area contributed by atoms with E-state index in [0.29, 0.717) is 19.1 Å². The summed E-state index contributed by atoms with van der Waals surface area (Å²) in [6, 6.07) is 8.52. The highest BCUT2D eigenvalue weighted by Gasteiger charge is 2.36. The predicted octanol–water partition coefficient (Wildman–Crippen LogP) is 2.15. The number of hydrogen-bond donors (Lipinski definition) is 4. The Hall–Kier alpha value is -0.320. The molecule has 1 aromatic rings. The maximum Gasteiger partial charge on any atom is 0.368 e. The molecule has 1 aromatic carbocycles. The van der Waals surface area contributed by atoms with Crippen LogP contribution < -0.4 is 23.6 Å². The van der Waals surface area contributed by atoms with Crippen LogP contribution in [-0.2, 0) is 27.5 Å². The molecule has 2 atom stereocenters. The topological polar surface area (TPSA) is 159 Å². The highest BCUT2D eigenvalue weighted by atomic mass is 31.2. The second-order valence-corrected chi connectivity index (χ2v) is 8.31. The van der Waals surface area contributed by atoms with E-state index < -0.39 is 17.2 Å². The third kappa shape index (κ3) is 6.38. The lowest BCUT2D eigenvalue weighted by atomic mass is 9.96. The zero-order chi connectivity index (χ0) is 18.9. The van der Waals surface area contributed by atoms with Gasteiger partial charge in [0.1, 0.15) is 0 Å². The van der Waals surface area contributed by atoms with Crippen LogP contribution in [0, 0.1) is 18.8 Å². The molecule has 1 aliphatic carbocycles. The zero-order valence-corrected chi connectivity index (χ0v) is 16.3. The van der Waals surface area contributed by atoms with Crippen molar-refractivity contribution in [2.24, 2.45) is 35.4 Å². The largest absolute Gasteiger partial charge is 0.368 e. The molecular weight excluding hydrogens is 382 g/mol. The minimum atomic E-state index is -1.76. The molecule has 0 saturated heterocycles. The minimum absolute atomic E-state index is 0.184. The Morgan fingerprint density at radius 1 is 0.808 bits per heavy atom. The van der Waals surface area contributed by atoms with Crippen LogP contribution >= 0.6 is 17.2 Å². The maximum absolute atomic E-state index is 5.53. The van der Waals surface area contributed by atoms with Crippen molar-refractivity contribution in [3.8, 4) is 0 Å². The van der Waals surface area contributed by atoms with Crippen molar-refractivity contribution in [1.82, 2.24) is 0 Å². The van der Waals surface area contributed by atoms with Crippen molar-refractivity contribution in [3.63, 3.8) is 0 Å². The lowest BCUT2D eigenvalue weighted by molar-refractivity contribution is 0.104. The summed E-state index contributed by atoms with van der Waals surface area (Å²) in [6.45, 7) is 2.82. The van der Waals surface area contributed by atoms with Gasteiger partial charge in [-0.05, 0) is 43.1 Å². The van der Waals surface area contributed by atoms with Crippen LogP contribution in [0.15, 0.2) is 24.3 Å². The predicted molar refractivity (Wildman–Crippen MR) is 97.0 cm³/mol. The van der Waals surface area contributed by atoms with E-state index >= 15 is 0 Å². The first-order valence-corrected chi connectivity index (χ1v) is 10.2. The van der Waals surface area contributed by atoms with Gasteiger partial charge in [0.2, 0.25) is 0 Å². The maximum atomic E-state index is 5.53. The van der Waals surface area contributed by atoms with Gasteiger partial charge in [-0.15, -0.1) is 0 Å². The number of aryl methyl sites for hydroxylation is 1. The van der Waals surface area contributed by atoms with E-state index in [4.69, 9.17) is 32.6 Å². The molecule has 1 saturated carbocycles. The van der Waals surface area contributed by atoms with Crippen molar-refractivity contribution in [2.75, 3.05) is 13.2 Å². The van der Waals surface area contributed by atoms with E-state index in [0.717, 1.165) is 12.8 Å². The smallest absolute Gasteiger partial charge is 0.310 e. The first kappa shape index (κ1) is 22.0. The van der Waals surface area contributed by atoms with Crippen molar-refractivity contribution < 1.29 is 27.5 Å². The van der Waals surface area contributed by atoms with Crippen LogP contribution in [0.1, 0.15) is 29.9 Å². The Bertz CT molecular complexity index is 497. The van der Waals surface area contributed by atoms with Gasteiger partial charge < -0.3 is 9.05 Å². The molecule has 0 radical (unpaired) electrons.